The van der Waals surface area contributed by atoms with E-state index in [9.17, 15) is 9.59 Å². The summed E-state index contributed by atoms with van der Waals surface area (Å²) in [6.45, 7) is 3.97. The molecule has 2 amide bonds. The van der Waals surface area contributed by atoms with Crippen molar-refractivity contribution in [1.29, 1.82) is 0 Å². The van der Waals surface area contributed by atoms with Gasteiger partial charge in [0.25, 0.3) is 0 Å². The van der Waals surface area contributed by atoms with E-state index in [2.05, 4.69) is 22.5 Å². The van der Waals surface area contributed by atoms with Gasteiger partial charge < -0.3 is 20.7 Å². The van der Waals surface area contributed by atoms with Gasteiger partial charge in [0, 0.05) is 13.6 Å². The van der Waals surface area contributed by atoms with Crippen molar-refractivity contribution in [2.24, 2.45) is 0 Å². The Kier molecular flexibility index (Phi) is 7.87. The van der Waals surface area contributed by atoms with E-state index in [0.29, 0.717) is 13.0 Å². The first kappa shape index (κ1) is 14.4. The molecule has 3 N–H and O–H groups in total. The van der Waals surface area contributed by atoms with Gasteiger partial charge in [-0.1, -0.05) is 12.7 Å². The first-order valence-corrected chi connectivity index (χ1v) is 5.06. The van der Waals surface area contributed by atoms with E-state index in [1.807, 2.05) is 0 Å². The van der Waals surface area contributed by atoms with Crippen LogP contribution in [-0.4, -0.2) is 45.3 Å². The van der Waals surface area contributed by atoms with Crippen molar-refractivity contribution < 1.29 is 14.3 Å². The first-order chi connectivity index (χ1) is 7.65. The van der Waals surface area contributed by atoms with Crippen molar-refractivity contribution in [1.82, 2.24) is 16.0 Å². The quantitative estimate of drug-likeness (QED) is 0.520. The number of carbonyl (C=O) groups is 2. The molecule has 1 unspecified atom stereocenters. The summed E-state index contributed by atoms with van der Waals surface area (Å²) in [5.41, 5.74) is 0. The second kappa shape index (κ2) is 8.72. The maximum absolute atomic E-state index is 11.3. The molecule has 0 aliphatic heterocycles. The fourth-order valence-corrected chi connectivity index (χ4v) is 1.08. The van der Waals surface area contributed by atoms with Gasteiger partial charge in [-0.25, -0.2) is 4.79 Å². The molecule has 0 bridgehead atoms. The maximum Gasteiger partial charge on any atom is 0.407 e. The number of hydrogen-bond donors (Lipinski definition) is 3. The van der Waals surface area contributed by atoms with E-state index in [1.165, 1.54) is 6.08 Å². The lowest BCUT2D eigenvalue weighted by Crippen LogP contribution is -2.43. The minimum Gasteiger partial charge on any atom is -0.445 e. The van der Waals surface area contributed by atoms with E-state index in [0.717, 1.165) is 0 Å². The Morgan fingerprint density at radius 3 is 2.62 bits per heavy atom. The molecule has 0 spiro atoms. The number of carbonyl (C=O) groups excluding carboxylic acids is 2. The molecular formula is C10H19N3O3. The molecule has 0 aromatic heterocycles. The molecule has 0 aromatic carbocycles. The monoisotopic (exact) mass is 229 g/mol. The Labute approximate surface area is 95.4 Å². The SMILES string of the molecule is C=CCOC(=O)NCCC(NC)C(=O)NC. The van der Waals surface area contributed by atoms with Crippen molar-refractivity contribution in [2.45, 2.75) is 12.5 Å². The second-order valence-corrected chi connectivity index (χ2v) is 3.06. The highest BCUT2D eigenvalue weighted by molar-refractivity contribution is 5.81. The van der Waals surface area contributed by atoms with E-state index in [1.54, 1.807) is 14.1 Å². The van der Waals surface area contributed by atoms with Gasteiger partial charge in [0.1, 0.15) is 6.61 Å². The summed E-state index contributed by atoms with van der Waals surface area (Å²) in [5, 5.41) is 7.91. The lowest BCUT2D eigenvalue weighted by atomic mass is 10.2. The van der Waals surface area contributed by atoms with Crippen LogP contribution in [0, 0.1) is 0 Å². The van der Waals surface area contributed by atoms with Crippen molar-refractivity contribution in [3.05, 3.63) is 12.7 Å². The zero-order chi connectivity index (χ0) is 12.4. The molecule has 1 atom stereocenters. The van der Waals surface area contributed by atoms with Gasteiger partial charge in [-0.3, -0.25) is 4.79 Å². The number of amides is 2. The fraction of sp³-hybridized carbons (Fsp3) is 0.600. The molecule has 0 fully saturated rings. The van der Waals surface area contributed by atoms with Crippen molar-refractivity contribution in [3.8, 4) is 0 Å². The summed E-state index contributed by atoms with van der Waals surface area (Å²) in [4.78, 5) is 22.3. The summed E-state index contributed by atoms with van der Waals surface area (Å²) in [5.74, 6) is -0.108. The zero-order valence-electron chi connectivity index (χ0n) is 9.71. The Bertz CT molecular complexity index is 243. The second-order valence-electron chi connectivity index (χ2n) is 3.06. The molecule has 0 saturated carbocycles. The molecule has 16 heavy (non-hydrogen) atoms. The van der Waals surface area contributed by atoms with Gasteiger partial charge in [0.05, 0.1) is 6.04 Å². The predicted octanol–water partition coefficient (Wildman–Crippen LogP) is -0.377. The number of hydrogen-bond acceptors (Lipinski definition) is 4. The van der Waals surface area contributed by atoms with E-state index < -0.39 is 6.09 Å². The van der Waals surface area contributed by atoms with Gasteiger partial charge in [0.15, 0.2) is 0 Å². The summed E-state index contributed by atoms with van der Waals surface area (Å²) >= 11 is 0. The topological polar surface area (TPSA) is 79.5 Å². The zero-order valence-corrected chi connectivity index (χ0v) is 9.71. The van der Waals surface area contributed by atoms with E-state index in [-0.39, 0.29) is 18.6 Å². The van der Waals surface area contributed by atoms with Crippen LogP contribution in [-0.2, 0) is 9.53 Å². The lowest BCUT2D eigenvalue weighted by Gasteiger charge is -2.14. The Balaban J connectivity index is 3.73. The minimum absolute atomic E-state index is 0.108. The van der Waals surface area contributed by atoms with Gasteiger partial charge in [0.2, 0.25) is 5.91 Å². The highest BCUT2D eigenvalue weighted by atomic mass is 16.5. The Morgan fingerprint density at radius 2 is 2.12 bits per heavy atom. The normalized spacial score (nSPS) is 11.4. The van der Waals surface area contributed by atoms with Crippen LogP contribution in [0.4, 0.5) is 4.79 Å². The highest BCUT2D eigenvalue weighted by Crippen LogP contribution is 1.90. The average Bonchev–Trinajstić information content (AvgIpc) is 2.31. The molecule has 0 aromatic rings. The predicted molar refractivity (Wildman–Crippen MR) is 61.1 cm³/mol. The molecule has 0 aliphatic rings. The van der Waals surface area contributed by atoms with Crippen molar-refractivity contribution in [2.75, 3.05) is 27.2 Å². The number of rotatable bonds is 7. The number of alkyl carbamates (subject to hydrolysis) is 1. The number of ether oxygens (including phenoxy) is 1. The fourth-order valence-electron chi connectivity index (χ4n) is 1.08. The van der Waals surface area contributed by atoms with Crippen molar-refractivity contribution in [3.63, 3.8) is 0 Å². The van der Waals surface area contributed by atoms with Crippen LogP contribution >= 0.6 is 0 Å². The third-order valence-corrected chi connectivity index (χ3v) is 1.95. The third-order valence-electron chi connectivity index (χ3n) is 1.95. The Morgan fingerprint density at radius 1 is 1.44 bits per heavy atom. The maximum atomic E-state index is 11.3. The molecule has 6 nitrogen and oxygen atoms in total. The number of nitrogens with one attached hydrogen (secondary N) is 3. The summed E-state index contributed by atoms with van der Waals surface area (Å²) < 4.78 is 4.70. The molecule has 0 aliphatic carbocycles. The van der Waals surface area contributed by atoms with Crippen LogP contribution in [0.25, 0.3) is 0 Å². The lowest BCUT2D eigenvalue weighted by molar-refractivity contribution is -0.122. The van der Waals surface area contributed by atoms with Gasteiger partial charge in [-0.2, -0.15) is 0 Å². The summed E-state index contributed by atoms with van der Waals surface area (Å²) in [7, 11) is 3.26. The first-order valence-electron chi connectivity index (χ1n) is 5.06. The van der Waals surface area contributed by atoms with Gasteiger partial charge in [-0.05, 0) is 13.5 Å². The van der Waals surface area contributed by atoms with E-state index in [4.69, 9.17) is 4.74 Å². The summed E-state index contributed by atoms with van der Waals surface area (Å²) in [6.07, 6.45) is 1.48. The molecule has 0 radical (unpaired) electrons. The van der Waals surface area contributed by atoms with Crippen LogP contribution < -0.4 is 16.0 Å². The molecule has 92 valence electrons. The van der Waals surface area contributed by atoms with Gasteiger partial charge in [-0.15, -0.1) is 0 Å². The molecule has 0 heterocycles. The third kappa shape index (κ3) is 6.02. The minimum atomic E-state index is -0.508. The van der Waals surface area contributed by atoms with Crippen LogP contribution in [0.3, 0.4) is 0 Å². The molecule has 0 rings (SSSR count). The van der Waals surface area contributed by atoms with Crippen LogP contribution in [0.15, 0.2) is 12.7 Å². The molecular weight excluding hydrogens is 210 g/mol. The van der Waals surface area contributed by atoms with Crippen molar-refractivity contribution >= 4 is 12.0 Å². The summed E-state index contributed by atoms with van der Waals surface area (Å²) in [6, 6.07) is -0.315. The number of likely N-dealkylation sites (N-methyl/N-ethyl adjacent to an activating group) is 2. The average molecular weight is 229 g/mol. The van der Waals surface area contributed by atoms with E-state index >= 15 is 0 Å². The largest absolute Gasteiger partial charge is 0.445 e. The molecule has 0 saturated heterocycles. The van der Waals surface area contributed by atoms with Crippen LogP contribution in [0.2, 0.25) is 0 Å². The standard InChI is InChI=1S/C10H19N3O3/c1-4-7-16-10(15)13-6-5-8(11-2)9(14)12-3/h4,8,11H,1,5-7H2,2-3H3,(H,12,14)(H,13,15). The highest BCUT2D eigenvalue weighted by Gasteiger charge is 2.14. The van der Waals surface area contributed by atoms with Crippen LogP contribution in [0.5, 0.6) is 0 Å². The molecule has 6 heteroatoms. The Hall–Kier alpha value is -1.56. The van der Waals surface area contributed by atoms with Gasteiger partial charge >= 0.3 is 6.09 Å². The smallest absolute Gasteiger partial charge is 0.407 e. The van der Waals surface area contributed by atoms with Crippen LogP contribution in [0.1, 0.15) is 6.42 Å².